The van der Waals surface area contributed by atoms with E-state index in [2.05, 4.69) is 36.8 Å². The molecule has 0 saturated heterocycles. The second-order valence-electron chi connectivity index (χ2n) is 3.71. The number of aromatic nitrogens is 1. The molecule has 1 aromatic heterocycles. The highest BCUT2D eigenvalue weighted by atomic mass is 32.2. The van der Waals surface area contributed by atoms with Gasteiger partial charge in [-0.3, -0.25) is 4.98 Å². The topological polar surface area (TPSA) is 16.1 Å². The molecule has 0 N–H and O–H groups in total. The van der Waals surface area contributed by atoms with Crippen LogP contribution in [0.5, 0.6) is 0 Å². The molecule has 2 rings (SSSR count). The predicted octanol–water partition coefficient (Wildman–Crippen LogP) is 2.61. The first-order valence-electron chi connectivity index (χ1n) is 4.53. The number of thioether (sulfide) groups is 1. The van der Waals surface area contributed by atoms with Crippen LogP contribution in [0.15, 0.2) is 23.4 Å². The van der Waals surface area contributed by atoms with Gasteiger partial charge in [0.05, 0.1) is 17.3 Å². The van der Waals surface area contributed by atoms with Gasteiger partial charge in [0.15, 0.2) is 0 Å². The molecule has 1 aromatic rings. The third-order valence-corrected chi connectivity index (χ3v) is 4.04. The van der Waals surface area contributed by atoms with E-state index in [9.17, 15) is 0 Å². The molecule has 1 unspecified atom stereocenters. The first-order valence-corrected chi connectivity index (χ1v) is 5.41. The van der Waals surface area contributed by atoms with Crippen LogP contribution < -0.4 is 4.90 Å². The van der Waals surface area contributed by atoms with Gasteiger partial charge in [0.2, 0.25) is 0 Å². The lowest BCUT2D eigenvalue weighted by molar-refractivity contribution is 0.604. The molecule has 0 bridgehead atoms. The molecule has 0 fully saturated rings. The van der Waals surface area contributed by atoms with E-state index in [4.69, 9.17) is 0 Å². The molecule has 1 atom stereocenters. The Kier molecular flexibility index (Phi) is 2.20. The lowest BCUT2D eigenvalue weighted by Crippen LogP contribution is -2.28. The molecule has 70 valence electrons. The van der Waals surface area contributed by atoms with E-state index in [0.717, 1.165) is 0 Å². The summed E-state index contributed by atoms with van der Waals surface area (Å²) in [5.74, 6) is 0.669. The summed E-state index contributed by atoms with van der Waals surface area (Å²) in [4.78, 5) is 7.82. The average Bonchev–Trinajstić information content (AvgIpc) is 2.45. The quantitative estimate of drug-likeness (QED) is 0.683. The average molecular weight is 194 g/mol. The van der Waals surface area contributed by atoms with Crippen LogP contribution in [0.2, 0.25) is 0 Å². The molecule has 0 saturated carbocycles. The van der Waals surface area contributed by atoms with Crippen LogP contribution in [-0.4, -0.2) is 17.4 Å². The van der Waals surface area contributed by atoms with Gasteiger partial charge in [-0.05, 0) is 12.0 Å². The molecule has 0 radical (unpaired) electrons. The second kappa shape index (κ2) is 3.22. The minimum atomic E-state index is 0.569. The highest BCUT2D eigenvalue weighted by molar-refractivity contribution is 8.00. The normalized spacial score (nSPS) is 20.9. The van der Waals surface area contributed by atoms with Crippen LogP contribution in [0.4, 0.5) is 5.69 Å². The smallest absolute Gasteiger partial charge is 0.0818 e. The van der Waals surface area contributed by atoms with E-state index in [0.29, 0.717) is 11.3 Å². The minimum absolute atomic E-state index is 0.569. The van der Waals surface area contributed by atoms with Crippen LogP contribution in [-0.2, 0) is 0 Å². The molecular formula is C10H14N2S. The van der Waals surface area contributed by atoms with Gasteiger partial charge in [0.1, 0.15) is 0 Å². The molecular weight excluding hydrogens is 180 g/mol. The maximum Gasteiger partial charge on any atom is 0.0818 e. The first-order chi connectivity index (χ1) is 6.20. The largest absolute Gasteiger partial charge is 0.360 e. The summed E-state index contributed by atoms with van der Waals surface area (Å²) < 4.78 is 0. The molecule has 2 nitrogen and oxygen atoms in total. The maximum atomic E-state index is 4.15. The summed E-state index contributed by atoms with van der Waals surface area (Å²) in [6.45, 7) is 4.51. The van der Waals surface area contributed by atoms with Gasteiger partial charge >= 0.3 is 0 Å². The van der Waals surface area contributed by atoms with Crippen molar-refractivity contribution in [2.24, 2.45) is 5.92 Å². The van der Waals surface area contributed by atoms with Crippen molar-refractivity contribution in [3.05, 3.63) is 18.5 Å². The number of anilines is 1. The molecule has 0 aromatic carbocycles. The van der Waals surface area contributed by atoms with Crippen molar-refractivity contribution in [3.63, 3.8) is 0 Å². The second-order valence-corrected chi connectivity index (χ2v) is 4.87. The number of rotatable bonds is 1. The first kappa shape index (κ1) is 8.88. The maximum absolute atomic E-state index is 4.15. The molecule has 0 spiro atoms. The Morgan fingerprint density at radius 2 is 2.31 bits per heavy atom. The Labute approximate surface area is 83.4 Å². The van der Waals surface area contributed by atoms with Crippen LogP contribution >= 0.6 is 11.8 Å². The fraction of sp³-hybridized carbons (Fsp3) is 0.500. The number of nitrogens with zero attached hydrogens (tertiary/aromatic N) is 2. The van der Waals surface area contributed by atoms with Crippen molar-refractivity contribution in [1.82, 2.24) is 4.98 Å². The van der Waals surface area contributed by atoms with E-state index in [1.54, 1.807) is 0 Å². The fourth-order valence-electron chi connectivity index (χ4n) is 1.67. The Morgan fingerprint density at radius 1 is 1.54 bits per heavy atom. The van der Waals surface area contributed by atoms with Crippen LogP contribution in [0.1, 0.15) is 13.8 Å². The fourth-order valence-corrected chi connectivity index (χ4v) is 2.93. The van der Waals surface area contributed by atoms with Gasteiger partial charge in [-0.1, -0.05) is 25.6 Å². The zero-order valence-corrected chi connectivity index (χ0v) is 9.01. The van der Waals surface area contributed by atoms with E-state index in [1.807, 2.05) is 24.2 Å². The Bertz CT molecular complexity index is 312. The van der Waals surface area contributed by atoms with E-state index in [1.165, 1.54) is 10.6 Å². The standard InChI is InChI=1S/C10H14N2S/c1-7(2)10-12(3)8-6-11-5-4-9(8)13-10/h4-7,10H,1-3H3. The van der Waals surface area contributed by atoms with Gasteiger partial charge in [-0.15, -0.1) is 0 Å². The van der Waals surface area contributed by atoms with Crippen LogP contribution in [0.25, 0.3) is 0 Å². The van der Waals surface area contributed by atoms with Crippen molar-refractivity contribution in [1.29, 1.82) is 0 Å². The molecule has 1 aliphatic rings. The number of pyridine rings is 1. The molecule has 0 amide bonds. The molecule has 2 heterocycles. The number of hydrogen-bond acceptors (Lipinski definition) is 3. The van der Waals surface area contributed by atoms with Crippen molar-refractivity contribution in [3.8, 4) is 0 Å². The van der Waals surface area contributed by atoms with Gasteiger partial charge in [0.25, 0.3) is 0 Å². The SMILES string of the molecule is CC(C)C1Sc2ccncc2N1C. The van der Waals surface area contributed by atoms with Crippen molar-refractivity contribution in [2.75, 3.05) is 11.9 Å². The van der Waals surface area contributed by atoms with Crippen LogP contribution in [0, 0.1) is 5.92 Å². The van der Waals surface area contributed by atoms with E-state index in [-0.39, 0.29) is 0 Å². The molecule has 1 aliphatic heterocycles. The monoisotopic (exact) mass is 194 g/mol. The molecule has 13 heavy (non-hydrogen) atoms. The number of hydrogen-bond donors (Lipinski definition) is 0. The van der Waals surface area contributed by atoms with Crippen molar-refractivity contribution >= 4 is 17.4 Å². The van der Waals surface area contributed by atoms with E-state index < -0.39 is 0 Å². The lowest BCUT2D eigenvalue weighted by Gasteiger charge is -2.24. The zero-order valence-electron chi connectivity index (χ0n) is 8.19. The van der Waals surface area contributed by atoms with Crippen LogP contribution in [0.3, 0.4) is 0 Å². The van der Waals surface area contributed by atoms with Gasteiger partial charge < -0.3 is 4.90 Å². The predicted molar refractivity (Wildman–Crippen MR) is 57.1 cm³/mol. The zero-order chi connectivity index (χ0) is 9.42. The summed E-state index contributed by atoms with van der Waals surface area (Å²) in [7, 11) is 2.14. The van der Waals surface area contributed by atoms with Gasteiger partial charge in [-0.25, -0.2) is 0 Å². The summed E-state index contributed by atoms with van der Waals surface area (Å²) in [6, 6.07) is 2.10. The highest BCUT2D eigenvalue weighted by Gasteiger charge is 2.29. The summed E-state index contributed by atoms with van der Waals surface area (Å²) in [5.41, 5.74) is 1.27. The Morgan fingerprint density at radius 3 is 2.92 bits per heavy atom. The lowest BCUT2D eigenvalue weighted by atomic mass is 10.2. The third-order valence-electron chi connectivity index (χ3n) is 2.34. The summed E-state index contributed by atoms with van der Waals surface area (Å²) in [5, 5.41) is 0.569. The van der Waals surface area contributed by atoms with Gasteiger partial charge in [-0.2, -0.15) is 0 Å². The minimum Gasteiger partial charge on any atom is -0.360 e. The number of fused-ring (bicyclic) bond motifs is 1. The summed E-state index contributed by atoms with van der Waals surface area (Å²) >= 11 is 1.94. The van der Waals surface area contributed by atoms with Crippen molar-refractivity contribution in [2.45, 2.75) is 24.1 Å². The van der Waals surface area contributed by atoms with Gasteiger partial charge in [0, 0.05) is 18.1 Å². The Hall–Kier alpha value is -0.700. The Balaban J connectivity index is 2.32. The highest BCUT2D eigenvalue weighted by Crippen LogP contribution is 2.44. The van der Waals surface area contributed by atoms with E-state index >= 15 is 0 Å². The molecule has 3 heteroatoms. The molecule has 0 aliphatic carbocycles. The van der Waals surface area contributed by atoms with Crippen molar-refractivity contribution < 1.29 is 0 Å². The third kappa shape index (κ3) is 1.41. The summed E-state index contributed by atoms with van der Waals surface area (Å²) in [6.07, 6.45) is 3.81.